The Balaban J connectivity index is 2.87. The number of nitrogens with one attached hydrogen (secondary N) is 1. The minimum atomic E-state index is -0.548. The molecule has 14 heavy (non-hydrogen) atoms. The van der Waals surface area contributed by atoms with E-state index in [1.807, 2.05) is 6.92 Å². The molecule has 76 valence electrons. The summed E-state index contributed by atoms with van der Waals surface area (Å²) >= 11 is 11.5. The first kappa shape index (κ1) is 11.3. The zero-order valence-electron chi connectivity index (χ0n) is 7.97. The molecule has 1 aromatic carbocycles. The average molecular weight is 232 g/mol. The van der Waals surface area contributed by atoms with Gasteiger partial charge in [0.1, 0.15) is 5.38 Å². The molecule has 0 saturated heterocycles. The van der Waals surface area contributed by atoms with E-state index in [1.54, 1.807) is 25.1 Å². The number of hydrogen-bond donors (Lipinski definition) is 1. The average Bonchev–Trinajstić information content (AvgIpc) is 2.12. The molecule has 4 heteroatoms. The van der Waals surface area contributed by atoms with Crippen molar-refractivity contribution in [1.82, 2.24) is 0 Å². The summed E-state index contributed by atoms with van der Waals surface area (Å²) in [4.78, 5) is 11.3. The van der Waals surface area contributed by atoms with Crippen LogP contribution in [0.1, 0.15) is 12.5 Å². The highest BCUT2D eigenvalue weighted by atomic mass is 35.5. The van der Waals surface area contributed by atoms with Gasteiger partial charge in [-0.25, -0.2) is 0 Å². The van der Waals surface area contributed by atoms with Crippen LogP contribution < -0.4 is 5.32 Å². The fourth-order valence-electron chi connectivity index (χ4n) is 0.975. The van der Waals surface area contributed by atoms with Crippen molar-refractivity contribution in [3.63, 3.8) is 0 Å². The Bertz CT molecular complexity index is 350. The summed E-state index contributed by atoms with van der Waals surface area (Å²) in [5, 5.41) is 2.78. The van der Waals surface area contributed by atoms with Crippen molar-refractivity contribution >= 4 is 34.8 Å². The maximum Gasteiger partial charge on any atom is 0.242 e. The fourth-order valence-corrected chi connectivity index (χ4v) is 1.20. The van der Waals surface area contributed by atoms with E-state index in [-0.39, 0.29) is 5.91 Å². The lowest BCUT2D eigenvalue weighted by atomic mass is 10.2. The maximum absolute atomic E-state index is 11.3. The van der Waals surface area contributed by atoms with E-state index in [2.05, 4.69) is 5.32 Å². The molecule has 0 radical (unpaired) electrons. The minimum absolute atomic E-state index is 0.225. The molecule has 1 aromatic rings. The van der Waals surface area contributed by atoms with Crippen molar-refractivity contribution < 1.29 is 4.79 Å². The lowest BCUT2D eigenvalue weighted by Crippen LogP contribution is -2.20. The molecular weight excluding hydrogens is 221 g/mol. The monoisotopic (exact) mass is 231 g/mol. The molecule has 0 heterocycles. The molecule has 0 fully saturated rings. The van der Waals surface area contributed by atoms with Crippen molar-refractivity contribution in [2.75, 3.05) is 5.32 Å². The topological polar surface area (TPSA) is 29.1 Å². The number of rotatable bonds is 2. The van der Waals surface area contributed by atoms with E-state index >= 15 is 0 Å². The van der Waals surface area contributed by atoms with Gasteiger partial charge < -0.3 is 5.32 Å². The quantitative estimate of drug-likeness (QED) is 0.779. The van der Waals surface area contributed by atoms with Gasteiger partial charge in [0, 0.05) is 10.7 Å². The normalized spacial score (nSPS) is 12.3. The Morgan fingerprint density at radius 3 is 2.71 bits per heavy atom. The van der Waals surface area contributed by atoms with Gasteiger partial charge in [0.05, 0.1) is 0 Å². The number of amides is 1. The van der Waals surface area contributed by atoms with E-state index < -0.39 is 5.38 Å². The second kappa shape index (κ2) is 4.67. The van der Waals surface area contributed by atoms with Crippen LogP contribution in [0.15, 0.2) is 18.2 Å². The molecule has 0 aromatic heterocycles. The van der Waals surface area contributed by atoms with Crippen LogP contribution >= 0.6 is 23.2 Å². The summed E-state index contributed by atoms with van der Waals surface area (Å²) in [6, 6.07) is 5.35. The van der Waals surface area contributed by atoms with Gasteiger partial charge in [-0.15, -0.1) is 11.6 Å². The zero-order valence-corrected chi connectivity index (χ0v) is 9.49. The van der Waals surface area contributed by atoms with Crippen LogP contribution in [-0.2, 0) is 4.79 Å². The predicted octanol–water partition coefficient (Wildman–Crippen LogP) is 3.21. The molecule has 0 saturated carbocycles. The summed E-state index contributed by atoms with van der Waals surface area (Å²) in [7, 11) is 0. The van der Waals surface area contributed by atoms with Crippen LogP contribution in [0.25, 0.3) is 0 Å². The molecule has 0 aliphatic rings. The lowest BCUT2D eigenvalue weighted by molar-refractivity contribution is -0.115. The van der Waals surface area contributed by atoms with Gasteiger partial charge in [-0.05, 0) is 31.5 Å². The molecule has 1 amide bonds. The Kier molecular flexibility index (Phi) is 3.78. The molecule has 0 spiro atoms. The summed E-state index contributed by atoms with van der Waals surface area (Å²) in [5.41, 5.74) is 1.55. The molecular formula is C10H11Cl2NO. The number of carbonyl (C=O) groups excluding carboxylic acids is 1. The van der Waals surface area contributed by atoms with Crippen LogP contribution in [0, 0.1) is 6.92 Å². The highest BCUT2D eigenvalue weighted by molar-refractivity contribution is 6.33. The largest absolute Gasteiger partial charge is 0.325 e. The van der Waals surface area contributed by atoms with Crippen LogP contribution in [-0.4, -0.2) is 11.3 Å². The molecule has 1 rings (SSSR count). The third kappa shape index (κ3) is 2.63. The first-order valence-electron chi connectivity index (χ1n) is 4.22. The Morgan fingerprint density at radius 1 is 1.50 bits per heavy atom. The summed E-state index contributed by atoms with van der Waals surface area (Å²) in [6.07, 6.45) is 0. The smallest absolute Gasteiger partial charge is 0.242 e. The SMILES string of the molecule is Cc1c(Cl)cccc1NC(=O)[C@@H](C)Cl. The number of alkyl halides is 1. The van der Waals surface area contributed by atoms with E-state index in [1.165, 1.54) is 0 Å². The highest BCUT2D eigenvalue weighted by Crippen LogP contribution is 2.23. The van der Waals surface area contributed by atoms with E-state index in [0.29, 0.717) is 10.7 Å². The van der Waals surface area contributed by atoms with Gasteiger partial charge in [-0.3, -0.25) is 4.79 Å². The fraction of sp³-hybridized carbons (Fsp3) is 0.300. The maximum atomic E-state index is 11.3. The van der Waals surface area contributed by atoms with Gasteiger partial charge in [0.2, 0.25) is 5.91 Å². The molecule has 0 unspecified atom stereocenters. The Labute approximate surface area is 93.2 Å². The molecule has 0 aliphatic carbocycles. The number of carbonyl (C=O) groups is 1. The highest BCUT2D eigenvalue weighted by Gasteiger charge is 2.10. The summed E-state index contributed by atoms with van der Waals surface area (Å²) in [6.45, 7) is 3.47. The van der Waals surface area contributed by atoms with E-state index in [9.17, 15) is 4.79 Å². The number of halogens is 2. The number of benzene rings is 1. The van der Waals surface area contributed by atoms with Crippen molar-refractivity contribution in [2.24, 2.45) is 0 Å². The van der Waals surface area contributed by atoms with Gasteiger partial charge in [0.15, 0.2) is 0 Å². The minimum Gasteiger partial charge on any atom is -0.325 e. The third-order valence-corrected chi connectivity index (χ3v) is 2.49. The Morgan fingerprint density at radius 2 is 2.14 bits per heavy atom. The lowest BCUT2D eigenvalue weighted by Gasteiger charge is -2.10. The first-order valence-corrected chi connectivity index (χ1v) is 5.04. The summed E-state index contributed by atoms with van der Waals surface area (Å²) < 4.78 is 0. The molecule has 1 atom stereocenters. The van der Waals surface area contributed by atoms with Crippen molar-refractivity contribution in [3.05, 3.63) is 28.8 Å². The summed E-state index contributed by atoms with van der Waals surface area (Å²) in [5.74, 6) is -0.225. The standard InChI is InChI=1S/C10H11Cl2NO/c1-6-8(12)4-3-5-9(6)13-10(14)7(2)11/h3-5,7H,1-2H3,(H,13,14)/t7-/m1/s1. The van der Waals surface area contributed by atoms with Crippen LogP contribution in [0.2, 0.25) is 5.02 Å². The van der Waals surface area contributed by atoms with Gasteiger partial charge >= 0.3 is 0 Å². The predicted molar refractivity (Wildman–Crippen MR) is 60.1 cm³/mol. The van der Waals surface area contributed by atoms with Crippen molar-refractivity contribution in [2.45, 2.75) is 19.2 Å². The molecule has 0 aliphatic heterocycles. The van der Waals surface area contributed by atoms with Gasteiger partial charge in [0.25, 0.3) is 0 Å². The first-order chi connectivity index (χ1) is 6.52. The van der Waals surface area contributed by atoms with E-state index in [0.717, 1.165) is 5.56 Å². The Hall–Kier alpha value is -0.730. The second-order valence-corrected chi connectivity index (χ2v) is 4.08. The molecule has 1 N–H and O–H groups in total. The van der Waals surface area contributed by atoms with Crippen molar-refractivity contribution in [1.29, 1.82) is 0 Å². The molecule has 0 bridgehead atoms. The van der Waals surface area contributed by atoms with Gasteiger partial charge in [-0.1, -0.05) is 17.7 Å². The van der Waals surface area contributed by atoms with Crippen LogP contribution in [0.5, 0.6) is 0 Å². The van der Waals surface area contributed by atoms with Crippen LogP contribution in [0.4, 0.5) is 5.69 Å². The third-order valence-electron chi connectivity index (χ3n) is 1.89. The zero-order chi connectivity index (χ0) is 10.7. The number of anilines is 1. The van der Waals surface area contributed by atoms with Crippen LogP contribution in [0.3, 0.4) is 0 Å². The van der Waals surface area contributed by atoms with E-state index in [4.69, 9.17) is 23.2 Å². The molecule has 2 nitrogen and oxygen atoms in total. The van der Waals surface area contributed by atoms with Crippen molar-refractivity contribution in [3.8, 4) is 0 Å². The second-order valence-electron chi connectivity index (χ2n) is 3.02. The number of hydrogen-bond acceptors (Lipinski definition) is 1. The van der Waals surface area contributed by atoms with Gasteiger partial charge in [-0.2, -0.15) is 0 Å².